The molecule has 0 bridgehead atoms. The van der Waals surface area contributed by atoms with Crippen LogP contribution in [0.5, 0.6) is 5.75 Å². The summed E-state index contributed by atoms with van der Waals surface area (Å²) in [5.74, 6) is -2.58. The molecule has 158 valence electrons. The van der Waals surface area contributed by atoms with Gasteiger partial charge in [-0.15, -0.1) is 11.3 Å². The van der Waals surface area contributed by atoms with Gasteiger partial charge in [0, 0.05) is 14.9 Å². The highest BCUT2D eigenvalue weighted by atomic mass is 79.9. The van der Waals surface area contributed by atoms with Crippen molar-refractivity contribution in [3.63, 3.8) is 0 Å². The molecule has 0 spiro atoms. The molecule has 1 heterocycles. The molecule has 0 fully saturated rings. The fourth-order valence-electron chi connectivity index (χ4n) is 3.03. The van der Waals surface area contributed by atoms with Crippen LogP contribution < -0.4 is 10.7 Å². The van der Waals surface area contributed by atoms with Crippen LogP contribution in [0.25, 0.3) is 0 Å². The Labute approximate surface area is 193 Å². The number of anilines is 1. The molecule has 0 aliphatic heterocycles. The van der Waals surface area contributed by atoms with Crippen molar-refractivity contribution in [1.29, 1.82) is 0 Å². The average molecular weight is 559 g/mol. The molecule has 3 rings (SSSR count). The van der Waals surface area contributed by atoms with Gasteiger partial charge in [-0.3, -0.25) is 9.59 Å². The number of fused-ring (bicyclic) bond motifs is 1. The summed E-state index contributed by atoms with van der Waals surface area (Å²) in [5.41, 5.74) is 3.62. The number of esters is 1. The van der Waals surface area contributed by atoms with Crippen LogP contribution in [-0.2, 0) is 27.2 Å². The molecule has 30 heavy (non-hydrogen) atoms. The van der Waals surface area contributed by atoms with Gasteiger partial charge in [-0.1, -0.05) is 15.9 Å². The number of phenolic OH excluding ortho intramolecular Hbond substituents is 1. The number of aromatic hydroxyl groups is 1. The van der Waals surface area contributed by atoms with E-state index >= 15 is 0 Å². The van der Waals surface area contributed by atoms with Crippen molar-refractivity contribution in [2.75, 3.05) is 12.4 Å². The number of benzene rings is 1. The summed E-state index contributed by atoms with van der Waals surface area (Å²) >= 11 is 7.76. The van der Waals surface area contributed by atoms with E-state index in [1.54, 1.807) is 12.1 Å². The Kier molecular flexibility index (Phi) is 7.27. The van der Waals surface area contributed by atoms with E-state index in [0.29, 0.717) is 25.1 Å². The van der Waals surface area contributed by atoms with Crippen LogP contribution in [0, 0.1) is 0 Å². The molecular weight excluding hydrogens is 542 g/mol. The molecule has 0 saturated heterocycles. The normalized spacial score (nSPS) is 13.0. The van der Waals surface area contributed by atoms with Crippen molar-refractivity contribution in [1.82, 2.24) is 5.43 Å². The van der Waals surface area contributed by atoms with Gasteiger partial charge < -0.3 is 15.2 Å². The van der Waals surface area contributed by atoms with Gasteiger partial charge in [0.2, 0.25) is 0 Å². The SMILES string of the molecule is COC(=O)c1c(NC(=O)C(=O)N/N=C/c2cc(Br)cc(Br)c2O)sc2c1CCCC2. The lowest BCUT2D eigenvalue weighted by Crippen LogP contribution is -2.32. The van der Waals surface area contributed by atoms with Crippen LogP contribution in [0.2, 0.25) is 0 Å². The maximum absolute atomic E-state index is 12.3. The topological polar surface area (TPSA) is 117 Å². The van der Waals surface area contributed by atoms with Gasteiger partial charge in [0.15, 0.2) is 0 Å². The Hall–Kier alpha value is -2.24. The summed E-state index contributed by atoms with van der Waals surface area (Å²) in [5, 5.41) is 16.5. The number of hydrogen-bond donors (Lipinski definition) is 3. The Morgan fingerprint density at radius 2 is 1.93 bits per heavy atom. The molecule has 1 aliphatic carbocycles. The molecule has 1 aliphatic rings. The lowest BCUT2D eigenvalue weighted by molar-refractivity contribution is -0.136. The lowest BCUT2D eigenvalue weighted by Gasteiger charge is -2.11. The zero-order valence-corrected chi connectivity index (χ0v) is 19.7. The smallest absolute Gasteiger partial charge is 0.341 e. The quantitative estimate of drug-likeness (QED) is 0.229. The Balaban J connectivity index is 1.71. The van der Waals surface area contributed by atoms with Gasteiger partial charge in [-0.2, -0.15) is 5.10 Å². The van der Waals surface area contributed by atoms with Crippen LogP contribution in [0.4, 0.5) is 5.00 Å². The number of ether oxygens (including phenoxy) is 1. The van der Waals surface area contributed by atoms with E-state index in [9.17, 15) is 19.5 Å². The molecule has 11 heteroatoms. The summed E-state index contributed by atoms with van der Waals surface area (Å²) in [7, 11) is 1.28. The van der Waals surface area contributed by atoms with Crippen LogP contribution in [0.3, 0.4) is 0 Å². The highest BCUT2D eigenvalue weighted by molar-refractivity contribution is 9.11. The number of methoxy groups -OCH3 is 1. The first-order valence-corrected chi connectivity index (χ1v) is 11.3. The van der Waals surface area contributed by atoms with Crippen molar-refractivity contribution < 1.29 is 24.2 Å². The Morgan fingerprint density at radius 1 is 1.20 bits per heavy atom. The molecule has 1 aromatic heterocycles. The molecule has 2 aromatic rings. The standard InChI is InChI=1S/C19H17Br2N3O5S/c1-29-19(28)14-11-4-2-3-5-13(11)30-18(14)23-16(26)17(27)24-22-8-9-6-10(20)7-12(21)15(9)25/h6-8,25H,2-5H2,1H3,(H,23,26)(H,24,27)/b22-8+. The summed E-state index contributed by atoms with van der Waals surface area (Å²) < 4.78 is 5.98. The predicted octanol–water partition coefficient (Wildman–Crippen LogP) is 3.73. The second-order valence-electron chi connectivity index (χ2n) is 6.39. The number of rotatable bonds is 4. The molecule has 0 unspecified atom stereocenters. The van der Waals surface area contributed by atoms with E-state index in [2.05, 4.69) is 47.7 Å². The Morgan fingerprint density at radius 3 is 2.67 bits per heavy atom. The summed E-state index contributed by atoms with van der Waals surface area (Å²) in [6.45, 7) is 0. The van der Waals surface area contributed by atoms with E-state index in [4.69, 9.17) is 4.74 Å². The highest BCUT2D eigenvalue weighted by Gasteiger charge is 2.28. The number of nitrogens with one attached hydrogen (secondary N) is 2. The van der Waals surface area contributed by atoms with Gasteiger partial charge in [0.05, 0.1) is 23.4 Å². The third-order valence-electron chi connectivity index (χ3n) is 4.42. The largest absolute Gasteiger partial charge is 0.506 e. The van der Waals surface area contributed by atoms with Gasteiger partial charge in [-0.25, -0.2) is 10.2 Å². The molecule has 8 nitrogen and oxygen atoms in total. The molecule has 0 radical (unpaired) electrons. The van der Waals surface area contributed by atoms with Crippen molar-refractivity contribution in [2.45, 2.75) is 25.7 Å². The summed E-state index contributed by atoms with van der Waals surface area (Å²) in [6.07, 6.45) is 4.72. The molecule has 1 aromatic carbocycles. The number of aryl methyl sites for hydroxylation is 1. The first-order valence-electron chi connectivity index (χ1n) is 8.87. The van der Waals surface area contributed by atoms with E-state index in [1.807, 2.05) is 0 Å². The highest BCUT2D eigenvalue weighted by Crippen LogP contribution is 2.38. The number of amides is 2. The first kappa shape index (κ1) is 22.4. The van der Waals surface area contributed by atoms with Crippen LogP contribution in [0.15, 0.2) is 26.2 Å². The minimum atomic E-state index is -1.01. The van der Waals surface area contributed by atoms with E-state index in [-0.39, 0.29) is 5.75 Å². The van der Waals surface area contributed by atoms with Crippen LogP contribution in [-0.4, -0.2) is 36.2 Å². The molecular formula is C19H17Br2N3O5S. The number of hydrogen-bond acceptors (Lipinski definition) is 7. The third kappa shape index (κ3) is 4.90. The molecule has 0 saturated carbocycles. The van der Waals surface area contributed by atoms with Crippen molar-refractivity contribution >= 4 is 72.2 Å². The van der Waals surface area contributed by atoms with Crippen molar-refractivity contribution in [3.8, 4) is 5.75 Å². The van der Waals surface area contributed by atoms with Gasteiger partial charge in [0.25, 0.3) is 0 Å². The molecule has 2 amide bonds. The minimum absolute atomic E-state index is 0.0625. The fraction of sp³-hybridized carbons (Fsp3) is 0.263. The maximum Gasteiger partial charge on any atom is 0.341 e. The maximum atomic E-state index is 12.3. The summed E-state index contributed by atoms with van der Waals surface area (Å²) in [6, 6.07) is 3.24. The fourth-order valence-corrected chi connectivity index (χ4v) is 5.56. The monoisotopic (exact) mass is 557 g/mol. The number of halogens is 2. The number of phenols is 1. The van der Waals surface area contributed by atoms with Crippen molar-refractivity contribution in [3.05, 3.63) is 42.6 Å². The zero-order chi connectivity index (χ0) is 21.8. The van der Waals surface area contributed by atoms with E-state index in [0.717, 1.165) is 36.1 Å². The second kappa shape index (κ2) is 9.71. The predicted molar refractivity (Wildman–Crippen MR) is 120 cm³/mol. The van der Waals surface area contributed by atoms with E-state index in [1.165, 1.54) is 24.7 Å². The third-order valence-corrected chi connectivity index (χ3v) is 6.69. The lowest BCUT2D eigenvalue weighted by atomic mass is 9.95. The zero-order valence-electron chi connectivity index (χ0n) is 15.8. The minimum Gasteiger partial charge on any atom is -0.506 e. The Bertz CT molecular complexity index is 1050. The van der Waals surface area contributed by atoms with Gasteiger partial charge >= 0.3 is 17.8 Å². The first-order chi connectivity index (χ1) is 14.3. The summed E-state index contributed by atoms with van der Waals surface area (Å²) in [4.78, 5) is 37.7. The van der Waals surface area contributed by atoms with Crippen LogP contribution in [0.1, 0.15) is 39.2 Å². The van der Waals surface area contributed by atoms with Gasteiger partial charge in [0.1, 0.15) is 10.8 Å². The number of nitrogens with zero attached hydrogens (tertiary/aromatic N) is 1. The molecule has 0 atom stereocenters. The molecule has 3 N–H and O–H groups in total. The number of thiophene rings is 1. The van der Waals surface area contributed by atoms with Gasteiger partial charge in [-0.05, 0) is 59.3 Å². The number of carbonyl (C=O) groups is 3. The number of carbonyl (C=O) groups excluding carboxylic acids is 3. The average Bonchev–Trinajstić information content (AvgIpc) is 3.08. The second-order valence-corrected chi connectivity index (χ2v) is 9.26. The number of hydrazone groups is 1. The van der Waals surface area contributed by atoms with Crippen LogP contribution >= 0.6 is 43.2 Å². The van der Waals surface area contributed by atoms with Crippen molar-refractivity contribution in [2.24, 2.45) is 5.10 Å². The van der Waals surface area contributed by atoms with E-state index < -0.39 is 17.8 Å².